The third kappa shape index (κ3) is 4.63. The summed E-state index contributed by atoms with van der Waals surface area (Å²) in [7, 11) is 1.34. The Kier molecular flexibility index (Phi) is 5.93. The quantitative estimate of drug-likeness (QED) is 0.642. The van der Waals surface area contributed by atoms with Crippen LogP contribution in [0, 0.1) is 5.92 Å². The van der Waals surface area contributed by atoms with Crippen LogP contribution in [0.15, 0.2) is 43.2 Å². The van der Waals surface area contributed by atoms with Crippen molar-refractivity contribution in [3.63, 3.8) is 0 Å². The number of aromatic nitrogens is 5. The van der Waals surface area contributed by atoms with Crippen LogP contribution in [0.5, 0.6) is 5.75 Å². The molecule has 0 spiro atoms. The lowest BCUT2D eigenvalue weighted by molar-refractivity contribution is -0.137. The lowest BCUT2D eigenvalue weighted by Gasteiger charge is -2.32. The van der Waals surface area contributed by atoms with Crippen LogP contribution in [-0.4, -0.2) is 50.8 Å². The molecule has 1 fully saturated rings. The highest BCUT2D eigenvalue weighted by atomic mass is 19.4. The second-order valence-electron chi connectivity index (χ2n) is 7.24. The molecule has 0 unspecified atom stereocenters. The first-order valence-electron chi connectivity index (χ1n) is 9.83. The maximum atomic E-state index is 13.0. The molecule has 3 aromatic rings. The van der Waals surface area contributed by atoms with Gasteiger partial charge in [0.25, 0.3) is 0 Å². The van der Waals surface area contributed by atoms with E-state index in [1.54, 1.807) is 6.07 Å². The largest absolute Gasteiger partial charge is 0.495 e. The number of carbonyl (C=O) groups is 1. The summed E-state index contributed by atoms with van der Waals surface area (Å²) in [5.74, 6) is 0.758. The van der Waals surface area contributed by atoms with Gasteiger partial charge in [-0.1, -0.05) is 0 Å². The van der Waals surface area contributed by atoms with Crippen molar-refractivity contribution >= 4 is 17.4 Å². The van der Waals surface area contributed by atoms with Gasteiger partial charge in [-0.3, -0.25) is 4.79 Å². The van der Waals surface area contributed by atoms with Crippen molar-refractivity contribution in [2.45, 2.75) is 19.0 Å². The summed E-state index contributed by atoms with van der Waals surface area (Å²) in [6, 6.07) is 4.78. The van der Waals surface area contributed by atoms with Gasteiger partial charge >= 0.3 is 6.18 Å². The number of piperidine rings is 1. The highest BCUT2D eigenvalue weighted by Gasteiger charge is 2.32. The second kappa shape index (κ2) is 8.81. The number of hydrogen-bond acceptors (Lipinski definition) is 7. The molecule has 0 atom stereocenters. The first-order valence-corrected chi connectivity index (χ1v) is 9.83. The van der Waals surface area contributed by atoms with Gasteiger partial charge in [0.1, 0.15) is 30.5 Å². The van der Waals surface area contributed by atoms with Crippen molar-refractivity contribution in [3.05, 3.63) is 48.8 Å². The first kappa shape index (κ1) is 21.5. The van der Waals surface area contributed by atoms with Gasteiger partial charge in [-0.2, -0.15) is 18.3 Å². The third-order valence-corrected chi connectivity index (χ3v) is 5.27. The summed E-state index contributed by atoms with van der Waals surface area (Å²) in [4.78, 5) is 27.1. The molecule has 0 bridgehead atoms. The van der Waals surface area contributed by atoms with E-state index in [4.69, 9.17) is 4.74 Å². The summed E-state index contributed by atoms with van der Waals surface area (Å²) >= 11 is 0. The zero-order chi connectivity index (χ0) is 22.7. The molecule has 1 aromatic carbocycles. The van der Waals surface area contributed by atoms with E-state index in [1.807, 2.05) is 4.90 Å². The molecule has 1 N–H and O–H groups in total. The van der Waals surface area contributed by atoms with Crippen molar-refractivity contribution < 1.29 is 22.7 Å². The molecule has 168 valence electrons. The van der Waals surface area contributed by atoms with Crippen LogP contribution in [0.2, 0.25) is 0 Å². The number of benzene rings is 1. The second-order valence-corrected chi connectivity index (χ2v) is 7.24. The van der Waals surface area contributed by atoms with Gasteiger partial charge < -0.3 is 15.0 Å². The molecular weight excluding hydrogens is 427 g/mol. The first-order chi connectivity index (χ1) is 15.3. The van der Waals surface area contributed by atoms with Crippen LogP contribution in [0.3, 0.4) is 0 Å². The smallest absolute Gasteiger partial charge is 0.416 e. The number of methoxy groups -OCH3 is 1. The molecule has 12 heteroatoms. The van der Waals surface area contributed by atoms with Crippen LogP contribution in [0.4, 0.5) is 24.7 Å². The Hall–Kier alpha value is -3.70. The minimum atomic E-state index is -4.51. The number of halogens is 3. The van der Waals surface area contributed by atoms with Crippen molar-refractivity contribution in [2.24, 2.45) is 5.92 Å². The van der Waals surface area contributed by atoms with Gasteiger partial charge in [-0.05, 0) is 31.0 Å². The molecule has 3 heterocycles. The number of anilines is 2. The average molecular weight is 447 g/mol. The molecule has 1 amide bonds. The fourth-order valence-corrected chi connectivity index (χ4v) is 3.55. The van der Waals surface area contributed by atoms with Gasteiger partial charge in [-0.15, -0.1) is 0 Å². The Morgan fingerprint density at radius 1 is 1.12 bits per heavy atom. The van der Waals surface area contributed by atoms with E-state index < -0.39 is 11.7 Å². The Morgan fingerprint density at radius 2 is 1.88 bits per heavy atom. The van der Waals surface area contributed by atoms with E-state index >= 15 is 0 Å². The molecule has 0 aliphatic carbocycles. The number of nitrogens with zero attached hydrogens (tertiary/aromatic N) is 6. The number of carbonyl (C=O) groups excluding carboxylic acids is 1. The van der Waals surface area contributed by atoms with Crippen LogP contribution < -0.4 is 15.0 Å². The summed E-state index contributed by atoms with van der Waals surface area (Å²) in [5, 5.41) is 6.65. The number of rotatable bonds is 5. The summed E-state index contributed by atoms with van der Waals surface area (Å²) in [6.45, 7) is 1.12. The molecular formula is C20H20F3N7O2. The Morgan fingerprint density at radius 3 is 2.53 bits per heavy atom. The SMILES string of the molecule is COc1ccc(C(F)(F)F)cc1NC(=O)C1CCN(c2cc(-n3cncn3)ncn2)CC1. The normalized spacial score (nSPS) is 14.9. The molecule has 0 radical (unpaired) electrons. The summed E-state index contributed by atoms with van der Waals surface area (Å²) in [5.41, 5.74) is -0.849. The van der Waals surface area contributed by atoms with E-state index in [9.17, 15) is 18.0 Å². The Bertz CT molecular complexity index is 1080. The van der Waals surface area contributed by atoms with E-state index in [1.165, 1.54) is 36.8 Å². The zero-order valence-electron chi connectivity index (χ0n) is 17.1. The maximum absolute atomic E-state index is 13.0. The topological polar surface area (TPSA) is 98.1 Å². The molecule has 1 aliphatic heterocycles. The van der Waals surface area contributed by atoms with Gasteiger partial charge in [0, 0.05) is 25.1 Å². The predicted octanol–water partition coefficient (Wildman–Crippen LogP) is 2.94. The van der Waals surface area contributed by atoms with E-state index in [2.05, 4.69) is 25.4 Å². The number of hydrogen-bond donors (Lipinski definition) is 1. The highest BCUT2D eigenvalue weighted by molar-refractivity contribution is 5.94. The minimum absolute atomic E-state index is 0.00280. The average Bonchev–Trinajstić information content (AvgIpc) is 3.34. The molecule has 2 aromatic heterocycles. The van der Waals surface area contributed by atoms with Crippen molar-refractivity contribution in [2.75, 3.05) is 30.4 Å². The van der Waals surface area contributed by atoms with Crippen LogP contribution >= 0.6 is 0 Å². The zero-order valence-corrected chi connectivity index (χ0v) is 17.1. The molecule has 1 saturated heterocycles. The number of alkyl halides is 3. The van der Waals surface area contributed by atoms with Crippen LogP contribution in [-0.2, 0) is 11.0 Å². The van der Waals surface area contributed by atoms with Crippen molar-refractivity contribution in [1.29, 1.82) is 0 Å². The number of amides is 1. The highest BCUT2D eigenvalue weighted by Crippen LogP contribution is 2.35. The minimum Gasteiger partial charge on any atom is -0.495 e. The third-order valence-electron chi connectivity index (χ3n) is 5.27. The standard InChI is InChI=1S/C20H20F3N7O2/c1-32-16-3-2-14(20(21,22)23)8-15(16)28-19(31)13-4-6-29(7-5-13)17-9-18(26-11-25-17)30-12-24-10-27-30/h2-3,8-13H,4-7H2,1H3,(H,28,31). The summed E-state index contributed by atoms with van der Waals surface area (Å²) < 4.78 is 45.7. The Labute approximate surface area is 181 Å². The monoisotopic (exact) mass is 447 g/mol. The van der Waals surface area contributed by atoms with Crippen LogP contribution in [0.25, 0.3) is 5.82 Å². The molecule has 32 heavy (non-hydrogen) atoms. The van der Waals surface area contributed by atoms with Crippen molar-refractivity contribution in [1.82, 2.24) is 24.7 Å². The van der Waals surface area contributed by atoms with E-state index in [0.29, 0.717) is 37.6 Å². The maximum Gasteiger partial charge on any atom is 0.416 e. The van der Waals surface area contributed by atoms with Gasteiger partial charge in [0.2, 0.25) is 5.91 Å². The lowest BCUT2D eigenvalue weighted by Crippen LogP contribution is -2.38. The van der Waals surface area contributed by atoms with Gasteiger partial charge in [0.15, 0.2) is 5.82 Å². The van der Waals surface area contributed by atoms with E-state index in [-0.39, 0.29) is 23.3 Å². The number of ether oxygens (including phenoxy) is 1. The van der Waals surface area contributed by atoms with Gasteiger partial charge in [0.05, 0.1) is 18.4 Å². The van der Waals surface area contributed by atoms with E-state index in [0.717, 1.165) is 12.1 Å². The van der Waals surface area contributed by atoms with Crippen LogP contribution in [0.1, 0.15) is 18.4 Å². The van der Waals surface area contributed by atoms with Gasteiger partial charge in [-0.25, -0.2) is 19.6 Å². The number of nitrogens with one attached hydrogen (secondary N) is 1. The Balaban J connectivity index is 1.41. The molecule has 9 nitrogen and oxygen atoms in total. The molecule has 4 rings (SSSR count). The van der Waals surface area contributed by atoms with Crippen molar-refractivity contribution in [3.8, 4) is 11.6 Å². The molecule has 0 saturated carbocycles. The predicted molar refractivity (Wildman–Crippen MR) is 109 cm³/mol. The molecule has 1 aliphatic rings. The fourth-order valence-electron chi connectivity index (χ4n) is 3.55. The summed E-state index contributed by atoms with van der Waals surface area (Å²) in [6.07, 6.45) is 0.909. The fraction of sp³-hybridized carbons (Fsp3) is 0.350. The lowest BCUT2D eigenvalue weighted by atomic mass is 9.95.